The van der Waals surface area contributed by atoms with E-state index in [4.69, 9.17) is 19.4 Å². The Bertz CT molecular complexity index is 313. The first-order chi connectivity index (χ1) is 11.6. The van der Waals surface area contributed by atoms with Crippen molar-refractivity contribution < 1.29 is 28.8 Å². The zero-order valence-electron chi connectivity index (χ0n) is 15.1. The average Bonchev–Trinajstić information content (AvgIpc) is 2.52. The number of phosphoric ester groups is 1. The fraction of sp³-hybridized carbons (Fsp3) is 1.00. The molecule has 0 saturated heterocycles. The van der Waals surface area contributed by atoms with E-state index < -0.39 is 7.82 Å². The Balaban J connectivity index is 3.58. The van der Waals surface area contributed by atoms with Gasteiger partial charge in [0.2, 0.25) is 0 Å². The lowest BCUT2D eigenvalue weighted by Gasteiger charge is -2.22. The molecule has 1 atom stereocenters. The SMILES string of the molecule is CCCCCCCCCCCCOP(=O)(O)ON(CCO)CCO. The summed E-state index contributed by atoms with van der Waals surface area (Å²) in [6, 6.07) is 0. The van der Waals surface area contributed by atoms with Crippen LogP contribution >= 0.6 is 7.82 Å². The van der Waals surface area contributed by atoms with E-state index in [0.717, 1.165) is 17.9 Å². The van der Waals surface area contributed by atoms with E-state index in [1.165, 1.54) is 44.9 Å². The van der Waals surface area contributed by atoms with E-state index in [2.05, 4.69) is 6.92 Å². The Hall–Kier alpha value is -0.0100. The minimum Gasteiger partial charge on any atom is -0.395 e. The molecule has 0 radical (unpaired) electrons. The van der Waals surface area contributed by atoms with E-state index in [0.29, 0.717) is 6.42 Å². The van der Waals surface area contributed by atoms with Gasteiger partial charge in [-0.25, -0.2) is 4.57 Å². The summed E-state index contributed by atoms with van der Waals surface area (Å²) >= 11 is 0. The van der Waals surface area contributed by atoms with Crippen molar-refractivity contribution in [3.8, 4) is 0 Å². The van der Waals surface area contributed by atoms with Gasteiger partial charge in [-0.05, 0) is 6.42 Å². The summed E-state index contributed by atoms with van der Waals surface area (Å²) in [6.45, 7) is 1.97. The molecule has 0 heterocycles. The van der Waals surface area contributed by atoms with Crippen LogP contribution in [-0.4, -0.2) is 53.1 Å². The standard InChI is InChI=1S/C16H36NO6P/c1-2-3-4-5-6-7-8-9-10-11-16-22-24(20,21)23-17(12-14-18)13-15-19/h18-19H,2-16H2,1H3,(H,20,21). The second-order valence-electron chi connectivity index (χ2n) is 5.94. The highest BCUT2D eigenvalue weighted by Crippen LogP contribution is 2.44. The molecule has 0 aromatic carbocycles. The maximum absolute atomic E-state index is 11.7. The minimum absolute atomic E-state index is 0.0345. The summed E-state index contributed by atoms with van der Waals surface area (Å²) in [5.74, 6) is 0. The van der Waals surface area contributed by atoms with Gasteiger partial charge in [0.1, 0.15) is 0 Å². The first-order valence-corrected chi connectivity index (χ1v) is 10.7. The van der Waals surface area contributed by atoms with Crippen molar-refractivity contribution in [2.45, 2.75) is 71.1 Å². The third-order valence-corrected chi connectivity index (χ3v) is 4.62. The first-order valence-electron chi connectivity index (χ1n) is 9.19. The molecule has 0 amide bonds. The molecular formula is C16H36NO6P. The summed E-state index contributed by atoms with van der Waals surface area (Å²) in [7, 11) is -4.18. The summed E-state index contributed by atoms with van der Waals surface area (Å²) in [4.78, 5) is 9.59. The Kier molecular flexibility index (Phi) is 16.5. The molecule has 0 aliphatic heterocycles. The van der Waals surface area contributed by atoms with Crippen molar-refractivity contribution in [2.24, 2.45) is 0 Å². The lowest BCUT2D eigenvalue weighted by molar-refractivity contribution is -0.100. The predicted molar refractivity (Wildman–Crippen MR) is 94.5 cm³/mol. The van der Waals surface area contributed by atoms with Gasteiger partial charge in [-0.15, -0.1) is 0 Å². The highest BCUT2D eigenvalue weighted by atomic mass is 31.2. The first kappa shape index (κ1) is 24.0. The number of aliphatic hydroxyl groups excluding tert-OH is 2. The topological polar surface area (TPSA) is 99.5 Å². The van der Waals surface area contributed by atoms with Crippen molar-refractivity contribution in [3.05, 3.63) is 0 Å². The maximum Gasteiger partial charge on any atom is 0.489 e. The fourth-order valence-corrected chi connectivity index (χ4v) is 3.22. The van der Waals surface area contributed by atoms with E-state index in [-0.39, 0.29) is 32.9 Å². The van der Waals surface area contributed by atoms with Crippen LogP contribution in [0, 0.1) is 0 Å². The molecular weight excluding hydrogens is 333 g/mol. The molecule has 0 spiro atoms. The lowest BCUT2D eigenvalue weighted by Crippen LogP contribution is -2.29. The third kappa shape index (κ3) is 15.5. The number of hydrogen-bond acceptors (Lipinski definition) is 6. The van der Waals surface area contributed by atoms with E-state index in [1.807, 2.05) is 0 Å². The molecule has 0 aromatic heterocycles. The zero-order valence-corrected chi connectivity index (χ0v) is 16.0. The molecule has 0 bridgehead atoms. The molecule has 0 aromatic rings. The van der Waals surface area contributed by atoms with Crippen LogP contribution < -0.4 is 0 Å². The monoisotopic (exact) mass is 369 g/mol. The van der Waals surface area contributed by atoms with Gasteiger partial charge in [-0.2, -0.15) is 9.69 Å². The number of unbranched alkanes of at least 4 members (excludes halogenated alkanes) is 9. The van der Waals surface area contributed by atoms with Crippen molar-refractivity contribution in [2.75, 3.05) is 32.9 Å². The van der Waals surface area contributed by atoms with E-state index in [9.17, 15) is 9.46 Å². The largest absolute Gasteiger partial charge is 0.489 e. The molecule has 0 saturated carbocycles. The van der Waals surface area contributed by atoms with Gasteiger partial charge in [-0.3, -0.25) is 4.52 Å². The van der Waals surface area contributed by atoms with Gasteiger partial charge in [0.05, 0.1) is 19.8 Å². The fourth-order valence-electron chi connectivity index (χ4n) is 2.36. The molecule has 146 valence electrons. The summed E-state index contributed by atoms with van der Waals surface area (Å²) < 4.78 is 21.5. The maximum atomic E-state index is 11.7. The van der Waals surface area contributed by atoms with Crippen molar-refractivity contribution in [3.63, 3.8) is 0 Å². The van der Waals surface area contributed by atoms with Crippen molar-refractivity contribution >= 4 is 7.82 Å². The van der Waals surface area contributed by atoms with Crippen LogP contribution in [0.2, 0.25) is 0 Å². The van der Waals surface area contributed by atoms with Crippen molar-refractivity contribution in [1.82, 2.24) is 5.06 Å². The second-order valence-corrected chi connectivity index (χ2v) is 7.30. The number of aliphatic hydroxyl groups is 2. The summed E-state index contributed by atoms with van der Waals surface area (Å²) in [6.07, 6.45) is 11.8. The summed E-state index contributed by atoms with van der Waals surface area (Å²) in [5, 5.41) is 18.7. The summed E-state index contributed by atoms with van der Waals surface area (Å²) in [5.41, 5.74) is 0. The molecule has 0 aliphatic rings. The molecule has 0 fully saturated rings. The molecule has 7 nitrogen and oxygen atoms in total. The van der Waals surface area contributed by atoms with Crippen molar-refractivity contribution in [1.29, 1.82) is 0 Å². The Morgan fingerprint density at radius 1 is 0.833 bits per heavy atom. The molecule has 0 aliphatic carbocycles. The quantitative estimate of drug-likeness (QED) is 0.194. The van der Waals surface area contributed by atoms with E-state index in [1.54, 1.807) is 0 Å². The highest BCUT2D eigenvalue weighted by Gasteiger charge is 2.25. The smallest absolute Gasteiger partial charge is 0.395 e. The van der Waals surface area contributed by atoms with Gasteiger partial charge < -0.3 is 15.1 Å². The van der Waals surface area contributed by atoms with Crippen LogP contribution in [0.3, 0.4) is 0 Å². The second kappa shape index (κ2) is 16.5. The minimum atomic E-state index is -4.18. The number of phosphoric acid groups is 1. The number of rotatable bonds is 18. The lowest BCUT2D eigenvalue weighted by atomic mass is 10.1. The molecule has 24 heavy (non-hydrogen) atoms. The van der Waals surface area contributed by atoms with Crippen LogP contribution in [0.15, 0.2) is 0 Å². The van der Waals surface area contributed by atoms with Crippen LogP contribution in [0.5, 0.6) is 0 Å². The van der Waals surface area contributed by atoms with Crippen LogP contribution in [0.1, 0.15) is 71.1 Å². The van der Waals surface area contributed by atoms with Gasteiger partial charge in [0.25, 0.3) is 0 Å². The zero-order chi connectivity index (χ0) is 18.1. The van der Waals surface area contributed by atoms with Crippen LogP contribution in [0.4, 0.5) is 0 Å². The average molecular weight is 369 g/mol. The van der Waals surface area contributed by atoms with Gasteiger partial charge in [0.15, 0.2) is 0 Å². The highest BCUT2D eigenvalue weighted by molar-refractivity contribution is 7.47. The van der Waals surface area contributed by atoms with Crippen LogP contribution in [-0.2, 0) is 13.7 Å². The predicted octanol–water partition coefficient (Wildman–Crippen LogP) is 3.24. The Morgan fingerprint density at radius 2 is 1.29 bits per heavy atom. The number of hydrogen-bond donors (Lipinski definition) is 3. The molecule has 3 N–H and O–H groups in total. The normalized spacial score (nSPS) is 14.2. The van der Waals surface area contributed by atoms with E-state index >= 15 is 0 Å². The molecule has 1 unspecified atom stereocenters. The molecule has 0 rings (SSSR count). The van der Waals surface area contributed by atoms with Crippen LogP contribution in [0.25, 0.3) is 0 Å². The Morgan fingerprint density at radius 3 is 1.75 bits per heavy atom. The van der Waals surface area contributed by atoms with Gasteiger partial charge in [-0.1, -0.05) is 64.7 Å². The number of hydroxylamine groups is 2. The number of nitrogens with zero attached hydrogens (tertiary/aromatic N) is 1. The Labute approximate surface area is 146 Å². The molecule has 8 heteroatoms. The van der Waals surface area contributed by atoms with Gasteiger partial charge >= 0.3 is 7.82 Å². The third-order valence-electron chi connectivity index (χ3n) is 3.67. The van der Waals surface area contributed by atoms with Gasteiger partial charge in [0, 0.05) is 13.1 Å².